The van der Waals surface area contributed by atoms with Crippen LogP contribution >= 0.6 is 0 Å². The molecule has 0 aliphatic carbocycles. The number of nitrogens with two attached hydrogens (primary N) is 1. The van der Waals surface area contributed by atoms with Crippen molar-refractivity contribution in [3.63, 3.8) is 0 Å². The number of amides is 1. The Morgan fingerprint density at radius 2 is 1.77 bits per heavy atom. The van der Waals surface area contributed by atoms with Crippen LogP contribution in [0.15, 0.2) is 54.6 Å². The lowest BCUT2D eigenvalue weighted by Crippen LogP contribution is -2.11. The molecule has 0 spiro atoms. The number of fused-ring (bicyclic) bond motifs is 3. The molecule has 0 atom stereocenters. The van der Waals surface area contributed by atoms with E-state index >= 15 is 0 Å². The molecule has 7 heteroatoms. The number of halogens is 4. The largest absolute Gasteiger partial charge is 0.419 e. The Morgan fingerprint density at radius 3 is 2.42 bits per heavy atom. The van der Waals surface area contributed by atoms with Crippen LogP contribution in [0.1, 0.15) is 46.8 Å². The molecular formula is C24H20F4N2O. The zero-order valence-electron chi connectivity index (χ0n) is 16.9. The molecule has 2 N–H and O–H groups in total. The lowest BCUT2D eigenvalue weighted by atomic mass is 10.00. The van der Waals surface area contributed by atoms with E-state index in [1.807, 2.05) is 36.6 Å². The third kappa shape index (κ3) is 3.65. The van der Waals surface area contributed by atoms with Gasteiger partial charge in [-0.15, -0.1) is 0 Å². The highest BCUT2D eigenvalue weighted by Crippen LogP contribution is 2.36. The van der Waals surface area contributed by atoms with Gasteiger partial charge in [0.15, 0.2) is 0 Å². The van der Waals surface area contributed by atoms with Gasteiger partial charge in [-0.2, -0.15) is 13.2 Å². The Balaban J connectivity index is 1.99. The fourth-order valence-electron chi connectivity index (χ4n) is 3.97. The fourth-order valence-corrected chi connectivity index (χ4v) is 3.97. The normalized spacial score (nSPS) is 12.2. The molecule has 0 aliphatic heterocycles. The van der Waals surface area contributed by atoms with E-state index < -0.39 is 23.5 Å². The molecule has 0 saturated carbocycles. The molecule has 0 saturated heterocycles. The zero-order valence-corrected chi connectivity index (χ0v) is 16.9. The summed E-state index contributed by atoms with van der Waals surface area (Å²) < 4.78 is 55.2. The van der Waals surface area contributed by atoms with Crippen molar-refractivity contribution in [2.45, 2.75) is 32.5 Å². The van der Waals surface area contributed by atoms with E-state index in [1.165, 1.54) is 6.07 Å². The van der Waals surface area contributed by atoms with Crippen molar-refractivity contribution in [2.75, 3.05) is 0 Å². The van der Waals surface area contributed by atoms with Gasteiger partial charge in [-0.3, -0.25) is 4.79 Å². The van der Waals surface area contributed by atoms with E-state index in [4.69, 9.17) is 5.73 Å². The van der Waals surface area contributed by atoms with Crippen LogP contribution in [-0.4, -0.2) is 10.5 Å². The average molecular weight is 428 g/mol. The molecule has 160 valence electrons. The van der Waals surface area contributed by atoms with Crippen molar-refractivity contribution < 1.29 is 22.4 Å². The van der Waals surface area contributed by atoms with Crippen molar-refractivity contribution in [1.29, 1.82) is 0 Å². The van der Waals surface area contributed by atoms with E-state index in [-0.39, 0.29) is 12.5 Å². The molecule has 1 aromatic heterocycles. The van der Waals surface area contributed by atoms with E-state index in [9.17, 15) is 22.4 Å². The first-order chi connectivity index (χ1) is 14.6. The maximum Gasteiger partial charge on any atom is 0.419 e. The summed E-state index contributed by atoms with van der Waals surface area (Å²) in [6.07, 6.45) is -4.79. The Kier molecular flexibility index (Phi) is 5.00. The zero-order chi connectivity index (χ0) is 22.5. The van der Waals surface area contributed by atoms with Crippen molar-refractivity contribution in [3.8, 4) is 0 Å². The average Bonchev–Trinajstić information content (AvgIpc) is 3.01. The summed E-state index contributed by atoms with van der Waals surface area (Å²) in [6.45, 7) is 4.16. The number of carbonyl (C=O) groups excluding carboxylic acids is 1. The van der Waals surface area contributed by atoms with Crippen molar-refractivity contribution in [2.24, 2.45) is 5.73 Å². The summed E-state index contributed by atoms with van der Waals surface area (Å²) in [6, 6.07) is 14.0. The molecular weight excluding hydrogens is 408 g/mol. The third-order valence-electron chi connectivity index (χ3n) is 5.52. The molecule has 3 nitrogen and oxygen atoms in total. The first kappa shape index (κ1) is 20.9. The molecule has 3 aromatic carbocycles. The molecule has 1 amide bonds. The number of primary amides is 1. The third-order valence-corrected chi connectivity index (χ3v) is 5.52. The van der Waals surface area contributed by atoms with E-state index in [1.54, 1.807) is 18.2 Å². The lowest BCUT2D eigenvalue weighted by molar-refractivity contribution is -0.140. The Bertz CT molecular complexity index is 1320. The van der Waals surface area contributed by atoms with Crippen LogP contribution in [0.2, 0.25) is 0 Å². The lowest BCUT2D eigenvalue weighted by Gasteiger charge is -2.13. The van der Waals surface area contributed by atoms with E-state index in [0.29, 0.717) is 22.0 Å². The van der Waals surface area contributed by atoms with Crippen LogP contribution in [0.25, 0.3) is 21.8 Å². The summed E-state index contributed by atoms with van der Waals surface area (Å²) in [7, 11) is 0. The summed E-state index contributed by atoms with van der Waals surface area (Å²) in [5.41, 5.74) is 7.41. The molecule has 1 heterocycles. The summed E-state index contributed by atoms with van der Waals surface area (Å²) in [4.78, 5) is 12.0. The van der Waals surface area contributed by atoms with Gasteiger partial charge >= 0.3 is 6.18 Å². The molecule has 4 aromatic rings. The van der Waals surface area contributed by atoms with Gasteiger partial charge in [0, 0.05) is 28.4 Å². The first-order valence-electron chi connectivity index (χ1n) is 9.78. The summed E-state index contributed by atoms with van der Waals surface area (Å²) >= 11 is 0. The van der Waals surface area contributed by atoms with Gasteiger partial charge in [-0.1, -0.05) is 38.1 Å². The number of nitrogens with zero attached hydrogens (tertiary/aromatic N) is 1. The molecule has 0 aliphatic rings. The highest BCUT2D eigenvalue weighted by atomic mass is 19.4. The van der Waals surface area contributed by atoms with Crippen molar-refractivity contribution in [3.05, 3.63) is 82.7 Å². The van der Waals surface area contributed by atoms with Crippen molar-refractivity contribution >= 4 is 27.7 Å². The topological polar surface area (TPSA) is 48.0 Å². The van der Waals surface area contributed by atoms with Gasteiger partial charge in [0.2, 0.25) is 5.91 Å². The summed E-state index contributed by atoms with van der Waals surface area (Å²) in [5.74, 6) is -1.66. The molecule has 0 bridgehead atoms. The molecule has 0 unspecified atom stereocenters. The SMILES string of the molecule is CC(C)c1ccc2c3c(C(N)=O)cccc3n(Cc3ccc(F)c(C(F)(F)F)c3)c2c1. The first-order valence-corrected chi connectivity index (χ1v) is 9.78. The fraction of sp³-hybridized carbons (Fsp3) is 0.208. The van der Waals surface area contributed by atoms with Crippen LogP contribution < -0.4 is 5.73 Å². The smallest absolute Gasteiger partial charge is 0.366 e. The van der Waals surface area contributed by atoms with Gasteiger partial charge < -0.3 is 10.3 Å². The van der Waals surface area contributed by atoms with Gasteiger partial charge in [-0.05, 0) is 47.4 Å². The van der Waals surface area contributed by atoms with Crippen LogP contribution in [0.4, 0.5) is 17.6 Å². The second-order valence-electron chi connectivity index (χ2n) is 7.89. The minimum atomic E-state index is -4.79. The monoisotopic (exact) mass is 428 g/mol. The number of carbonyl (C=O) groups is 1. The predicted molar refractivity (Wildman–Crippen MR) is 113 cm³/mol. The highest BCUT2D eigenvalue weighted by Gasteiger charge is 2.34. The number of alkyl halides is 3. The van der Waals surface area contributed by atoms with Crippen LogP contribution in [-0.2, 0) is 12.7 Å². The minimum Gasteiger partial charge on any atom is -0.366 e. The Labute approximate surface area is 176 Å². The molecule has 4 rings (SSSR count). The van der Waals surface area contributed by atoms with E-state index in [0.717, 1.165) is 28.6 Å². The van der Waals surface area contributed by atoms with Gasteiger partial charge in [-0.25, -0.2) is 4.39 Å². The molecule has 0 fully saturated rings. The number of rotatable bonds is 4. The Hall–Kier alpha value is -3.35. The number of aromatic nitrogens is 1. The summed E-state index contributed by atoms with van der Waals surface area (Å²) in [5, 5.41) is 1.44. The number of hydrogen-bond donors (Lipinski definition) is 1. The van der Waals surface area contributed by atoms with Crippen molar-refractivity contribution in [1.82, 2.24) is 4.57 Å². The second-order valence-corrected chi connectivity index (χ2v) is 7.89. The standard InChI is InChI=1S/C24H20F4N2O/c1-13(2)15-7-8-16-21(11-15)30(20-5-3-4-17(22(16)20)23(29)31)12-14-6-9-19(25)18(10-14)24(26,27)28/h3-11,13H,12H2,1-2H3,(H2,29,31). The maximum atomic E-state index is 13.8. The second kappa shape index (κ2) is 7.41. The maximum absolute atomic E-state index is 13.8. The molecule has 31 heavy (non-hydrogen) atoms. The van der Waals surface area contributed by atoms with Crippen LogP contribution in [0.5, 0.6) is 0 Å². The highest BCUT2D eigenvalue weighted by molar-refractivity contribution is 6.18. The van der Waals surface area contributed by atoms with Gasteiger partial charge in [0.1, 0.15) is 5.82 Å². The van der Waals surface area contributed by atoms with Gasteiger partial charge in [0.25, 0.3) is 0 Å². The molecule has 0 radical (unpaired) electrons. The number of benzene rings is 3. The van der Waals surface area contributed by atoms with Crippen LogP contribution in [0, 0.1) is 5.82 Å². The Morgan fingerprint density at radius 1 is 1.03 bits per heavy atom. The minimum absolute atomic E-state index is 0.0765. The van der Waals surface area contributed by atoms with Crippen LogP contribution in [0.3, 0.4) is 0 Å². The number of hydrogen-bond acceptors (Lipinski definition) is 1. The quantitative estimate of drug-likeness (QED) is 0.385. The predicted octanol–water partition coefficient (Wildman–Crippen LogP) is 6.22. The van der Waals surface area contributed by atoms with Gasteiger partial charge in [0.05, 0.1) is 11.1 Å². The van der Waals surface area contributed by atoms with E-state index in [2.05, 4.69) is 0 Å².